The van der Waals surface area contributed by atoms with Crippen molar-refractivity contribution in [2.45, 2.75) is 18.3 Å². The second kappa shape index (κ2) is 10.7. The van der Waals surface area contributed by atoms with Crippen molar-refractivity contribution in [3.8, 4) is 5.75 Å². The Hall–Kier alpha value is -6.24. The van der Waals surface area contributed by atoms with E-state index in [1.807, 2.05) is 48.5 Å². The second-order valence-electron chi connectivity index (χ2n) is 11.6. The van der Waals surface area contributed by atoms with Crippen LogP contribution in [-0.4, -0.2) is 40.9 Å². The molecule has 47 heavy (non-hydrogen) atoms. The summed E-state index contributed by atoms with van der Waals surface area (Å²) >= 11 is 0. The van der Waals surface area contributed by atoms with E-state index >= 15 is 0 Å². The summed E-state index contributed by atoms with van der Waals surface area (Å²) in [5, 5.41) is 27.8. The Kier molecular flexibility index (Phi) is 6.70. The first kappa shape index (κ1) is 29.5. The third-order valence-corrected chi connectivity index (χ3v) is 9.33. The number of non-ortho nitro benzene ring substituents is 1. The molecule has 8 rings (SSSR count). The Morgan fingerprint density at radius 2 is 1.57 bits per heavy atom. The number of nitro groups is 2. The first-order valence-corrected chi connectivity index (χ1v) is 14.6. The van der Waals surface area contributed by atoms with E-state index in [4.69, 9.17) is 4.74 Å². The zero-order valence-corrected chi connectivity index (χ0v) is 24.9. The molecular formula is C34H25N5O8. The van der Waals surface area contributed by atoms with Gasteiger partial charge in [0.25, 0.3) is 17.3 Å². The van der Waals surface area contributed by atoms with Crippen LogP contribution in [0, 0.1) is 39.0 Å². The molecule has 1 heterocycles. The number of methoxy groups -OCH3 is 1. The average molecular weight is 632 g/mol. The van der Waals surface area contributed by atoms with Gasteiger partial charge < -0.3 is 4.74 Å². The number of benzene rings is 4. The van der Waals surface area contributed by atoms with Crippen molar-refractivity contribution in [3.63, 3.8) is 0 Å². The van der Waals surface area contributed by atoms with E-state index in [0.717, 1.165) is 22.1 Å². The summed E-state index contributed by atoms with van der Waals surface area (Å²) in [6, 6.07) is 22.7. The van der Waals surface area contributed by atoms with Crippen molar-refractivity contribution in [2.75, 3.05) is 12.0 Å². The van der Waals surface area contributed by atoms with Crippen molar-refractivity contribution in [3.05, 3.63) is 139 Å². The van der Waals surface area contributed by atoms with Crippen LogP contribution in [0.15, 0.2) is 90.0 Å². The number of nitrogens with one attached hydrogen (secondary N) is 1. The van der Waals surface area contributed by atoms with Gasteiger partial charge in [-0.2, -0.15) is 5.10 Å². The molecule has 0 spiro atoms. The average Bonchev–Trinajstić information content (AvgIpc) is 3.34. The van der Waals surface area contributed by atoms with Crippen LogP contribution in [0.4, 0.5) is 17.1 Å². The molecule has 13 heteroatoms. The molecule has 2 atom stereocenters. The van der Waals surface area contributed by atoms with E-state index in [1.54, 1.807) is 13.0 Å². The molecule has 1 N–H and O–H groups in total. The van der Waals surface area contributed by atoms with Gasteiger partial charge in [0.05, 0.1) is 39.8 Å². The molecule has 1 saturated heterocycles. The fourth-order valence-corrected chi connectivity index (χ4v) is 7.50. The minimum absolute atomic E-state index is 0.0855. The third-order valence-electron chi connectivity index (χ3n) is 9.33. The number of hydrogen-bond acceptors (Lipinski definition) is 9. The van der Waals surface area contributed by atoms with Crippen LogP contribution in [-0.2, 0) is 15.0 Å². The van der Waals surface area contributed by atoms with Crippen LogP contribution in [0.25, 0.3) is 0 Å². The lowest BCUT2D eigenvalue weighted by Gasteiger charge is -2.52. The molecule has 1 aliphatic heterocycles. The highest BCUT2D eigenvalue weighted by atomic mass is 16.6. The summed E-state index contributed by atoms with van der Waals surface area (Å²) in [7, 11) is 1.32. The van der Waals surface area contributed by atoms with E-state index in [1.165, 1.54) is 37.6 Å². The summed E-state index contributed by atoms with van der Waals surface area (Å²) in [6.07, 6.45) is 1.43. The standard InChI is InChI=1S/C34H25N5O8/c1-18-11-13-25(26(15-18)39(45)46)37-32(41)29-28-20-7-3-5-9-23(20)34(30(29)33(37)42,24-10-6-4-8-21(24)28)17-35-36-31(40)22-16-19(38(43)44)12-14-27(22)47-2/h3-17,28-30H,1-2H3,(H,36,40)/b35-17-/t28?,29-,30+,34?/m1/s1. The maximum absolute atomic E-state index is 14.6. The van der Waals surface area contributed by atoms with E-state index in [-0.39, 0.29) is 28.4 Å². The highest BCUT2D eigenvalue weighted by Crippen LogP contribution is 2.64. The number of carbonyl (C=O) groups excluding carboxylic acids is 3. The van der Waals surface area contributed by atoms with Crippen LogP contribution >= 0.6 is 0 Å². The minimum Gasteiger partial charge on any atom is -0.496 e. The Balaban J connectivity index is 1.39. The lowest BCUT2D eigenvalue weighted by molar-refractivity contribution is -0.384. The zero-order chi connectivity index (χ0) is 33.2. The molecule has 4 aromatic rings. The van der Waals surface area contributed by atoms with Crippen LogP contribution in [0.1, 0.15) is 44.1 Å². The number of imide groups is 1. The molecule has 1 fully saturated rings. The molecule has 234 valence electrons. The highest BCUT2D eigenvalue weighted by molar-refractivity contribution is 6.25. The second-order valence-corrected chi connectivity index (χ2v) is 11.6. The van der Waals surface area contributed by atoms with Gasteiger partial charge in [0.15, 0.2) is 0 Å². The molecule has 0 aromatic heterocycles. The van der Waals surface area contributed by atoms with E-state index < -0.39 is 50.7 Å². The quantitative estimate of drug-likeness (QED) is 0.131. The van der Waals surface area contributed by atoms with Gasteiger partial charge >= 0.3 is 0 Å². The van der Waals surface area contributed by atoms with Gasteiger partial charge in [-0.25, -0.2) is 10.3 Å². The van der Waals surface area contributed by atoms with E-state index in [9.17, 15) is 34.6 Å². The molecule has 2 bridgehead atoms. The van der Waals surface area contributed by atoms with Crippen molar-refractivity contribution in [1.29, 1.82) is 0 Å². The third kappa shape index (κ3) is 4.16. The van der Waals surface area contributed by atoms with Crippen molar-refractivity contribution in [2.24, 2.45) is 16.9 Å². The van der Waals surface area contributed by atoms with Gasteiger partial charge in [-0.05, 0) is 46.9 Å². The lowest BCUT2D eigenvalue weighted by Crippen LogP contribution is -2.54. The molecule has 3 aliphatic carbocycles. The number of anilines is 1. The van der Waals surface area contributed by atoms with Crippen molar-refractivity contribution < 1.29 is 29.0 Å². The SMILES string of the molecule is COc1ccc([N+](=O)[O-])cc1C(=O)N/N=C\C12c3ccccc3C(c3ccccc31)[C@H]1C(=O)N(c3ccc(C)cc3[N+](=O)[O-])C(=O)[C@H]12. The first-order chi connectivity index (χ1) is 22.6. The van der Waals surface area contributed by atoms with Gasteiger partial charge in [-0.15, -0.1) is 0 Å². The lowest BCUT2D eigenvalue weighted by atomic mass is 9.47. The molecule has 4 aliphatic rings. The van der Waals surface area contributed by atoms with Gasteiger partial charge in [0, 0.05) is 30.3 Å². The van der Waals surface area contributed by atoms with Gasteiger partial charge in [0.2, 0.25) is 11.8 Å². The maximum atomic E-state index is 14.6. The van der Waals surface area contributed by atoms with Gasteiger partial charge in [-0.1, -0.05) is 54.6 Å². The molecule has 0 unspecified atom stereocenters. The summed E-state index contributed by atoms with van der Waals surface area (Å²) in [4.78, 5) is 65.4. The highest BCUT2D eigenvalue weighted by Gasteiger charge is 2.68. The van der Waals surface area contributed by atoms with Gasteiger partial charge in [-0.3, -0.25) is 34.6 Å². The smallest absolute Gasteiger partial charge is 0.293 e. The molecule has 0 radical (unpaired) electrons. The Morgan fingerprint density at radius 1 is 0.915 bits per heavy atom. The number of ether oxygens (including phenoxy) is 1. The maximum Gasteiger partial charge on any atom is 0.293 e. The zero-order valence-electron chi connectivity index (χ0n) is 24.9. The number of carbonyl (C=O) groups is 3. The number of nitro benzene ring substituents is 2. The van der Waals surface area contributed by atoms with Crippen LogP contribution in [0.5, 0.6) is 5.75 Å². The largest absolute Gasteiger partial charge is 0.496 e. The fraction of sp³-hybridized carbons (Fsp3) is 0.176. The topological polar surface area (TPSA) is 174 Å². The Morgan fingerprint density at radius 3 is 2.19 bits per heavy atom. The summed E-state index contributed by atoms with van der Waals surface area (Å²) < 4.78 is 5.24. The molecular weight excluding hydrogens is 606 g/mol. The summed E-state index contributed by atoms with van der Waals surface area (Å²) in [5.74, 6) is -4.40. The van der Waals surface area contributed by atoms with Crippen molar-refractivity contribution in [1.82, 2.24) is 5.43 Å². The van der Waals surface area contributed by atoms with Crippen LogP contribution < -0.4 is 15.1 Å². The molecule has 0 saturated carbocycles. The monoisotopic (exact) mass is 631 g/mol. The molecule has 13 nitrogen and oxygen atoms in total. The van der Waals surface area contributed by atoms with E-state index in [2.05, 4.69) is 10.5 Å². The Bertz CT molecular complexity index is 2040. The number of aryl methyl sites for hydroxylation is 1. The summed E-state index contributed by atoms with van der Waals surface area (Å²) in [6.45, 7) is 1.68. The number of nitrogens with zero attached hydrogens (tertiary/aromatic N) is 4. The fourth-order valence-electron chi connectivity index (χ4n) is 7.50. The van der Waals surface area contributed by atoms with E-state index in [0.29, 0.717) is 16.7 Å². The minimum atomic E-state index is -1.37. The first-order valence-electron chi connectivity index (χ1n) is 14.6. The number of amides is 3. The normalized spacial score (nSPS) is 22.1. The molecule has 3 amide bonds. The molecule has 4 aromatic carbocycles. The number of hydrazone groups is 1. The Labute approximate surface area is 266 Å². The van der Waals surface area contributed by atoms with Crippen molar-refractivity contribution >= 4 is 41.0 Å². The predicted octanol–water partition coefficient (Wildman–Crippen LogP) is 4.79. The van der Waals surface area contributed by atoms with Crippen LogP contribution in [0.2, 0.25) is 0 Å². The van der Waals surface area contributed by atoms with Gasteiger partial charge in [0.1, 0.15) is 11.4 Å². The summed E-state index contributed by atoms with van der Waals surface area (Å²) in [5.41, 5.74) is 3.73. The van der Waals surface area contributed by atoms with Crippen LogP contribution in [0.3, 0.4) is 0 Å². The number of hydrogen-bond donors (Lipinski definition) is 1. The number of rotatable bonds is 7. The predicted molar refractivity (Wildman–Crippen MR) is 168 cm³/mol.